The Bertz CT molecular complexity index is 437. The van der Waals surface area contributed by atoms with Crippen LogP contribution in [-0.4, -0.2) is 12.1 Å². The van der Waals surface area contributed by atoms with Crippen LogP contribution in [0, 0.1) is 6.92 Å². The lowest BCUT2D eigenvalue weighted by molar-refractivity contribution is 0.399. The van der Waals surface area contributed by atoms with E-state index in [-0.39, 0.29) is 0 Å². The Morgan fingerprint density at radius 1 is 1.31 bits per heavy atom. The number of aryl methyl sites for hydroxylation is 1. The smallest absolute Gasteiger partial charge is 0.213 e. The summed E-state index contributed by atoms with van der Waals surface area (Å²) >= 11 is 0. The second-order valence-electron chi connectivity index (χ2n) is 3.02. The van der Waals surface area contributed by atoms with Gasteiger partial charge < -0.3 is 4.74 Å². The number of ether oxygens (including phenoxy) is 1. The molecule has 2 nitrogen and oxygen atoms in total. The number of methoxy groups -OCH3 is 1. The fourth-order valence-electron chi connectivity index (χ4n) is 1.42. The summed E-state index contributed by atoms with van der Waals surface area (Å²) in [4.78, 5) is 4.16. The minimum absolute atomic E-state index is 0.665. The third kappa shape index (κ3) is 1.35. The summed E-state index contributed by atoms with van der Waals surface area (Å²) in [6.45, 7) is 2.08. The summed E-state index contributed by atoms with van der Waals surface area (Å²) in [5.74, 6) is 0.665. The van der Waals surface area contributed by atoms with Gasteiger partial charge in [-0.1, -0.05) is 18.2 Å². The Morgan fingerprint density at radius 3 is 2.92 bits per heavy atom. The van der Waals surface area contributed by atoms with Gasteiger partial charge in [0, 0.05) is 17.6 Å². The zero-order valence-corrected chi connectivity index (χ0v) is 7.74. The molecule has 0 bridgehead atoms. The van der Waals surface area contributed by atoms with Crippen LogP contribution in [0.15, 0.2) is 30.5 Å². The van der Waals surface area contributed by atoms with Crippen LogP contribution >= 0.6 is 0 Å². The fourth-order valence-corrected chi connectivity index (χ4v) is 1.42. The molecule has 2 rings (SSSR count). The van der Waals surface area contributed by atoms with Crippen LogP contribution in [0.3, 0.4) is 0 Å². The number of pyridine rings is 1. The van der Waals surface area contributed by atoms with E-state index >= 15 is 0 Å². The van der Waals surface area contributed by atoms with Crippen LogP contribution in [0.25, 0.3) is 10.8 Å². The van der Waals surface area contributed by atoms with Gasteiger partial charge in [0.15, 0.2) is 0 Å². The highest BCUT2D eigenvalue weighted by Crippen LogP contribution is 2.20. The van der Waals surface area contributed by atoms with E-state index in [2.05, 4.69) is 24.0 Å². The Balaban J connectivity index is 2.72. The minimum atomic E-state index is 0.665. The average molecular weight is 173 g/mol. The molecule has 0 spiro atoms. The highest BCUT2D eigenvalue weighted by atomic mass is 16.5. The van der Waals surface area contributed by atoms with Crippen LogP contribution in [0.5, 0.6) is 5.88 Å². The zero-order chi connectivity index (χ0) is 9.26. The lowest BCUT2D eigenvalue weighted by Gasteiger charge is -2.03. The molecule has 0 aliphatic heterocycles. The van der Waals surface area contributed by atoms with Crippen molar-refractivity contribution in [2.45, 2.75) is 6.92 Å². The molecule has 0 amide bonds. The molecule has 0 N–H and O–H groups in total. The van der Waals surface area contributed by atoms with Crippen LogP contribution in [0.2, 0.25) is 0 Å². The van der Waals surface area contributed by atoms with Crippen molar-refractivity contribution in [3.63, 3.8) is 0 Å². The number of hydrogen-bond donors (Lipinski definition) is 0. The van der Waals surface area contributed by atoms with Gasteiger partial charge in [-0.25, -0.2) is 4.98 Å². The lowest BCUT2D eigenvalue weighted by Crippen LogP contribution is -1.87. The van der Waals surface area contributed by atoms with Crippen molar-refractivity contribution >= 4 is 10.8 Å². The number of fused-ring (bicyclic) bond motifs is 1. The quantitative estimate of drug-likeness (QED) is 0.661. The van der Waals surface area contributed by atoms with Gasteiger partial charge in [0.1, 0.15) is 0 Å². The van der Waals surface area contributed by atoms with Gasteiger partial charge in [0.2, 0.25) is 5.88 Å². The molecule has 0 aliphatic carbocycles. The number of hydrogen-bond acceptors (Lipinski definition) is 2. The number of aromatic nitrogens is 1. The average Bonchev–Trinajstić information content (AvgIpc) is 2.18. The van der Waals surface area contributed by atoms with Crippen LogP contribution in [0.1, 0.15) is 5.56 Å². The Hall–Kier alpha value is -1.57. The maximum Gasteiger partial charge on any atom is 0.213 e. The fraction of sp³-hybridized carbons (Fsp3) is 0.182. The van der Waals surface area contributed by atoms with Crippen molar-refractivity contribution in [2.75, 3.05) is 7.11 Å². The van der Waals surface area contributed by atoms with Crippen molar-refractivity contribution in [2.24, 2.45) is 0 Å². The normalized spacial score (nSPS) is 10.3. The molecule has 0 saturated carbocycles. The van der Waals surface area contributed by atoms with Crippen molar-refractivity contribution in [3.8, 4) is 5.88 Å². The number of nitrogens with zero attached hydrogens (tertiary/aromatic N) is 1. The largest absolute Gasteiger partial charge is 0.481 e. The summed E-state index contributed by atoms with van der Waals surface area (Å²) in [6.07, 6.45) is 1.85. The van der Waals surface area contributed by atoms with Crippen molar-refractivity contribution < 1.29 is 4.74 Å². The maximum absolute atomic E-state index is 5.05. The molecule has 2 heteroatoms. The highest BCUT2D eigenvalue weighted by Gasteiger charge is 1.98. The lowest BCUT2D eigenvalue weighted by atomic mass is 10.1. The molecule has 66 valence electrons. The topological polar surface area (TPSA) is 22.1 Å². The second kappa shape index (κ2) is 3.05. The Morgan fingerprint density at radius 2 is 2.15 bits per heavy atom. The van der Waals surface area contributed by atoms with Gasteiger partial charge in [0.05, 0.1) is 7.11 Å². The maximum atomic E-state index is 5.05. The van der Waals surface area contributed by atoms with Crippen LogP contribution < -0.4 is 4.74 Å². The molecule has 1 aromatic carbocycles. The molecule has 0 atom stereocenters. The van der Waals surface area contributed by atoms with E-state index in [9.17, 15) is 0 Å². The summed E-state index contributed by atoms with van der Waals surface area (Å²) in [6, 6.07) is 8.13. The van der Waals surface area contributed by atoms with E-state index in [1.165, 1.54) is 16.3 Å². The predicted molar refractivity (Wildman–Crippen MR) is 53.0 cm³/mol. The van der Waals surface area contributed by atoms with Crippen molar-refractivity contribution in [1.82, 2.24) is 4.98 Å². The molecule has 13 heavy (non-hydrogen) atoms. The third-order valence-corrected chi connectivity index (χ3v) is 2.17. The van der Waals surface area contributed by atoms with Crippen LogP contribution in [-0.2, 0) is 0 Å². The molecule has 0 saturated heterocycles. The Labute approximate surface area is 77.2 Å². The molecule has 0 unspecified atom stereocenters. The van der Waals surface area contributed by atoms with E-state index < -0.39 is 0 Å². The van der Waals surface area contributed by atoms with E-state index in [4.69, 9.17) is 4.74 Å². The Kier molecular flexibility index (Phi) is 1.89. The van der Waals surface area contributed by atoms with Crippen LogP contribution in [0.4, 0.5) is 0 Å². The molecule has 0 aliphatic rings. The first kappa shape index (κ1) is 8.05. The first-order chi connectivity index (χ1) is 6.31. The van der Waals surface area contributed by atoms with Gasteiger partial charge in [-0.15, -0.1) is 0 Å². The monoisotopic (exact) mass is 173 g/mol. The van der Waals surface area contributed by atoms with E-state index in [1.54, 1.807) is 7.11 Å². The molecule has 0 radical (unpaired) electrons. The standard InChI is InChI=1S/C11H11NO/c1-8-4-3-5-9-6-11(13-2)12-7-10(8)9/h3-7H,1-2H3. The summed E-state index contributed by atoms with van der Waals surface area (Å²) in [5.41, 5.74) is 1.24. The van der Waals surface area contributed by atoms with Gasteiger partial charge in [0.25, 0.3) is 0 Å². The molecule has 2 aromatic rings. The van der Waals surface area contributed by atoms with Gasteiger partial charge >= 0.3 is 0 Å². The summed E-state index contributed by atoms with van der Waals surface area (Å²) in [7, 11) is 1.63. The number of rotatable bonds is 1. The van der Waals surface area contributed by atoms with E-state index in [0.29, 0.717) is 5.88 Å². The van der Waals surface area contributed by atoms with Gasteiger partial charge in [-0.05, 0) is 17.9 Å². The first-order valence-corrected chi connectivity index (χ1v) is 4.20. The van der Waals surface area contributed by atoms with E-state index in [1.807, 2.05) is 18.3 Å². The van der Waals surface area contributed by atoms with Crippen molar-refractivity contribution in [1.29, 1.82) is 0 Å². The molecular weight excluding hydrogens is 162 g/mol. The number of benzene rings is 1. The second-order valence-corrected chi connectivity index (χ2v) is 3.02. The summed E-state index contributed by atoms with van der Waals surface area (Å²) < 4.78 is 5.05. The first-order valence-electron chi connectivity index (χ1n) is 4.20. The van der Waals surface area contributed by atoms with Gasteiger partial charge in [-0.3, -0.25) is 0 Å². The summed E-state index contributed by atoms with van der Waals surface area (Å²) in [5, 5.41) is 2.36. The highest BCUT2D eigenvalue weighted by molar-refractivity contribution is 5.85. The van der Waals surface area contributed by atoms with Gasteiger partial charge in [-0.2, -0.15) is 0 Å². The van der Waals surface area contributed by atoms with E-state index in [0.717, 1.165) is 0 Å². The third-order valence-electron chi connectivity index (χ3n) is 2.17. The van der Waals surface area contributed by atoms with Crippen molar-refractivity contribution in [3.05, 3.63) is 36.0 Å². The predicted octanol–water partition coefficient (Wildman–Crippen LogP) is 2.55. The molecule has 0 fully saturated rings. The molecule has 1 heterocycles. The SMILES string of the molecule is COc1cc2cccc(C)c2cn1. The molecular formula is C11H11NO. The molecule has 1 aromatic heterocycles. The minimum Gasteiger partial charge on any atom is -0.481 e. The zero-order valence-electron chi connectivity index (χ0n) is 7.74.